The second-order valence-corrected chi connectivity index (χ2v) is 8.29. The molecule has 0 aromatic heterocycles. The van der Waals surface area contributed by atoms with Crippen LogP contribution in [0.25, 0.3) is 0 Å². The SMILES string of the molecule is CCCC(C)CCC(C)c1ccc(N2CC(CCCC(C)=O)OC2=O)cc1F. The molecule has 3 unspecified atom stereocenters. The van der Waals surface area contributed by atoms with E-state index in [0.29, 0.717) is 43.0 Å². The number of ether oxygens (including phenoxy) is 1. The summed E-state index contributed by atoms with van der Waals surface area (Å²) >= 11 is 0. The van der Waals surface area contributed by atoms with Gasteiger partial charge in [-0.15, -0.1) is 0 Å². The molecule has 0 N–H and O–H groups in total. The van der Waals surface area contributed by atoms with E-state index in [9.17, 15) is 14.0 Å². The zero-order valence-electron chi connectivity index (χ0n) is 17.7. The molecule has 2 rings (SSSR count). The molecule has 1 saturated heterocycles. The van der Waals surface area contributed by atoms with E-state index < -0.39 is 6.09 Å². The molecule has 1 aliphatic rings. The summed E-state index contributed by atoms with van der Waals surface area (Å²) in [6.07, 6.45) is 5.59. The van der Waals surface area contributed by atoms with Crippen LogP contribution in [-0.2, 0) is 9.53 Å². The number of hydrogen-bond acceptors (Lipinski definition) is 3. The number of anilines is 1. The molecule has 1 amide bonds. The van der Waals surface area contributed by atoms with Gasteiger partial charge in [-0.3, -0.25) is 4.90 Å². The number of benzene rings is 1. The number of carbonyl (C=O) groups excluding carboxylic acids is 2. The van der Waals surface area contributed by atoms with Crippen molar-refractivity contribution >= 4 is 17.6 Å². The van der Waals surface area contributed by atoms with Crippen molar-refractivity contribution in [1.29, 1.82) is 0 Å². The zero-order chi connectivity index (χ0) is 20.7. The summed E-state index contributed by atoms with van der Waals surface area (Å²) in [5.41, 5.74) is 1.24. The van der Waals surface area contributed by atoms with Crippen LogP contribution in [0, 0.1) is 11.7 Å². The number of amides is 1. The average molecular weight is 392 g/mol. The highest BCUT2D eigenvalue weighted by atomic mass is 19.1. The minimum atomic E-state index is -0.443. The van der Waals surface area contributed by atoms with E-state index >= 15 is 0 Å². The fraction of sp³-hybridized carbons (Fsp3) is 0.652. The molecule has 4 nitrogen and oxygen atoms in total. The summed E-state index contributed by atoms with van der Waals surface area (Å²) in [6, 6.07) is 5.06. The lowest BCUT2D eigenvalue weighted by atomic mass is 9.90. The predicted molar refractivity (Wildman–Crippen MR) is 110 cm³/mol. The molecule has 28 heavy (non-hydrogen) atoms. The highest BCUT2D eigenvalue weighted by molar-refractivity contribution is 5.89. The smallest absolute Gasteiger partial charge is 0.414 e. The van der Waals surface area contributed by atoms with Gasteiger partial charge in [0.2, 0.25) is 0 Å². The van der Waals surface area contributed by atoms with Crippen molar-refractivity contribution in [2.24, 2.45) is 5.92 Å². The Labute approximate surface area is 168 Å². The lowest BCUT2D eigenvalue weighted by molar-refractivity contribution is -0.117. The van der Waals surface area contributed by atoms with Crippen LogP contribution in [0.4, 0.5) is 14.9 Å². The molecule has 1 fully saturated rings. The summed E-state index contributed by atoms with van der Waals surface area (Å²) < 4.78 is 20.1. The maximum atomic E-state index is 14.7. The van der Waals surface area contributed by atoms with Gasteiger partial charge in [0, 0.05) is 6.42 Å². The monoisotopic (exact) mass is 391 g/mol. The van der Waals surface area contributed by atoms with Crippen LogP contribution < -0.4 is 4.90 Å². The van der Waals surface area contributed by atoms with Crippen molar-refractivity contribution in [1.82, 2.24) is 0 Å². The maximum absolute atomic E-state index is 14.7. The fourth-order valence-electron chi connectivity index (χ4n) is 3.87. The molecule has 3 atom stereocenters. The molecule has 0 spiro atoms. The van der Waals surface area contributed by atoms with Crippen LogP contribution in [0.5, 0.6) is 0 Å². The third-order valence-electron chi connectivity index (χ3n) is 5.63. The quantitative estimate of drug-likeness (QED) is 0.449. The van der Waals surface area contributed by atoms with Crippen molar-refractivity contribution in [3.8, 4) is 0 Å². The molecular weight excluding hydrogens is 357 g/mol. The van der Waals surface area contributed by atoms with Crippen molar-refractivity contribution < 1.29 is 18.7 Å². The average Bonchev–Trinajstić information content (AvgIpc) is 3.00. The number of halogens is 1. The lowest BCUT2D eigenvalue weighted by Crippen LogP contribution is -2.24. The lowest BCUT2D eigenvalue weighted by Gasteiger charge is -2.18. The third kappa shape index (κ3) is 6.32. The van der Waals surface area contributed by atoms with Gasteiger partial charge in [0.25, 0.3) is 0 Å². The molecular formula is C23H34FNO3. The van der Waals surface area contributed by atoms with Crippen LogP contribution in [0.15, 0.2) is 18.2 Å². The van der Waals surface area contributed by atoms with Gasteiger partial charge in [-0.2, -0.15) is 0 Å². The Kier molecular flexibility index (Phi) is 8.46. The van der Waals surface area contributed by atoms with E-state index in [2.05, 4.69) is 20.8 Å². The standard InChI is InChI=1S/C23H34FNO3/c1-5-7-16(2)10-11-17(3)21-13-12-19(14-22(21)24)25-15-20(28-23(25)27)9-6-8-18(4)26/h12-14,16-17,20H,5-11,15H2,1-4H3. The first-order valence-corrected chi connectivity index (χ1v) is 10.6. The molecule has 0 bridgehead atoms. The van der Waals surface area contributed by atoms with E-state index in [4.69, 9.17) is 4.74 Å². The van der Waals surface area contributed by atoms with Gasteiger partial charge < -0.3 is 9.53 Å². The van der Waals surface area contributed by atoms with E-state index in [1.807, 2.05) is 6.07 Å². The Morgan fingerprint density at radius 2 is 2.04 bits per heavy atom. The molecule has 0 radical (unpaired) electrons. The number of cyclic esters (lactones) is 1. The third-order valence-corrected chi connectivity index (χ3v) is 5.63. The number of Topliss-reactive ketones (excluding diaryl/α,β-unsaturated/α-hetero) is 1. The topological polar surface area (TPSA) is 46.6 Å². The normalized spacial score (nSPS) is 18.8. The number of carbonyl (C=O) groups is 2. The summed E-state index contributed by atoms with van der Waals surface area (Å²) in [7, 11) is 0. The second kappa shape index (κ2) is 10.6. The van der Waals surface area contributed by atoms with Gasteiger partial charge in [0.05, 0.1) is 12.2 Å². The Morgan fingerprint density at radius 3 is 2.68 bits per heavy atom. The Morgan fingerprint density at radius 1 is 1.29 bits per heavy atom. The first-order chi connectivity index (χ1) is 13.3. The number of hydrogen-bond donors (Lipinski definition) is 0. The van der Waals surface area contributed by atoms with Crippen LogP contribution in [0.1, 0.15) is 84.1 Å². The minimum absolute atomic E-state index is 0.136. The molecule has 1 aromatic carbocycles. The molecule has 1 heterocycles. The van der Waals surface area contributed by atoms with Crippen molar-refractivity contribution in [2.75, 3.05) is 11.4 Å². The Balaban J connectivity index is 1.95. The van der Waals surface area contributed by atoms with Crippen molar-refractivity contribution in [3.63, 3.8) is 0 Å². The molecule has 0 aliphatic carbocycles. The zero-order valence-corrected chi connectivity index (χ0v) is 17.7. The van der Waals surface area contributed by atoms with Gasteiger partial charge >= 0.3 is 6.09 Å². The molecule has 0 saturated carbocycles. The van der Waals surface area contributed by atoms with Crippen LogP contribution in [0.3, 0.4) is 0 Å². The maximum Gasteiger partial charge on any atom is 0.414 e. The van der Waals surface area contributed by atoms with E-state index in [-0.39, 0.29) is 23.6 Å². The molecule has 5 heteroatoms. The van der Waals surface area contributed by atoms with Gasteiger partial charge in [-0.05, 0) is 55.7 Å². The summed E-state index contributed by atoms with van der Waals surface area (Å²) in [5, 5.41) is 0. The van der Waals surface area contributed by atoms with Gasteiger partial charge in [0.1, 0.15) is 17.7 Å². The molecule has 1 aromatic rings. The largest absolute Gasteiger partial charge is 0.444 e. The van der Waals surface area contributed by atoms with E-state index in [1.165, 1.54) is 23.8 Å². The molecule has 156 valence electrons. The Hall–Kier alpha value is -1.91. The van der Waals surface area contributed by atoms with Crippen LogP contribution in [-0.4, -0.2) is 24.5 Å². The summed E-state index contributed by atoms with van der Waals surface area (Å²) in [5.74, 6) is 0.685. The first-order valence-electron chi connectivity index (χ1n) is 10.6. The first kappa shape index (κ1) is 22.4. The summed E-state index contributed by atoms with van der Waals surface area (Å²) in [4.78, 5) is 24.7. The van der Waals surface area contributed by atoms with Crippen LogP contribution >= 0.6 is 0 Å². The van der Waals surface area contributed by atoms with E-state index in [1.54, 1.807) is 13.0 Å². The molecule has 1 aliphatic heterocycles. The van der Waals surface area contributed by atoms with Crippen molar-refractivity contribution in [3.05, 3.63) is 29.6 Å². The highest BCUT2D eigenvalue weighted by Crippen LogP contribution is 2.31. The van der Waals surface area contributed by atoms with Gasteiger partial charge in [-0.25, -0.2) is 9.18 Å². The van der Waals surface area contributed by atoms with Gasteiger partial charge in [-0.1, -0.05) is 46.1 Å². The number of rotatable bonds is 11. The fourth-order valence-corrected chi connectivity index (χ4v) is 3.87. The minimum Gasteiger partial charge on any atom is -0.444 e. The second-order valence-electron chi connectivity index (χ2n) is 8.29. The number of nitrogens with zero attached hydrogens (tertiary/aromatic N) is 1. The summed E-state index contributed by atoms with van der Waals surface area (Å²) in [6.45, 7) is 8.46. The van der Waals surface area contributed by atoms with E-state index in [0.717, 1.165) is 12.8 Å². The van der Waals surface area contributed by atoms with Gasteiger partial charge in [0.15, 0.2) is 0 Å². The van der Waals surface area contributed by atoms with Crippen molar-refractivity contribution in [2.45, 2.75) is 84.7 Å². The predicted octanol–water partition coefficient (Wildman–Crippen LogP) is 6.23. The number of ketones is 1. The highest BCUT2D eigenvalue weighted by Gasteiger charge is 2.32. The van der Waals surface area contributed by atoms with Crippen LogP contribution in [0.2, 0.25) is 0 Å². The Bertz CT molecular complexity index is 676.